The van der Waals surface area contributed by atoms with E-state index in [2.05, 4.69) is 4.98 Å². The van der Waals surface area contributed by atoms with Gasteiger partial charge in [0.15, 0.2) is 0 Å². The van der Waals surface area contributed by atoms with Crippen LogP contribution < -0.4 is 9.80 Å². The summed E-state index contributed by atoms with van der Waals surface area (Å²) in [6.07, 6.45) is 0.754. The summed E-state index contributed by atoms with van der Waals surface area (Å²) in [5.74, 6) is 0.337. The van der Waals surface area contributed by atoms with Crippen molar-refractivity contribution in [1.82, 2.24) is 4.98 Å². The molecule has 0 amide bonds. The van der Waals surface area contributed by atoms with Gasteiger partial charge < -0.3 is 9.57 Å². The molecule has 1 aliphatic rings. The number of rotatable bonds is 2. The van der Waals surface area contributed by atoms with E-state index in [1.165, 1.54) is 0 Å². The predicted molar refractivity (Wildman–Crippen MR) is 67.4 cm³/mol. The number of ether oxygens (including phenoxy) is 1. The van der Waals surface area contributed by atoms with Crippen LogP contribution in [0.4, 0.5) is 5.69 Å². The highest BCUT2D eigenvalue weighted by Crippen LogP contribution is 2.29. The number of anilines is 1. The van der Waals surface area contributed by atoms with E-state index in [0.29, 0.717) is 12.4 Å². The molecule has 1 aromatic rings. The molecule has 0 spiro atoms. The summed E-state index contributed by atoms with van der Waals surface area (Å²) in [5.41, 5.74) is 1.23. The zero-order valence-electron chi connectivity index (χ0n) is 11.2. The standard InChI is InChI=1S/C13H18N2O3/c1-13(2,3)12(16)18-15-8-7-9-10(15)5-6-11(14-9)17-4/h5-6H,7-8H2,1-4H3. The number of carbonyl (C=O) groups is 1. The van der Waals surface area contributed by atoms with Gasteiger partial charge in [-0.2, -0.15) is 0 Å². The summed E-state index contributed by atoms with van der Waals surface area (Å²) in [7, 11) is 1.58. The largest absolute Gasteiger partial charge is 0.481 e. The predicted octanol–water partition coefficient (Wildman–Crippen LogP) is 1.96. The number of hydrogen-bond donors (Lipinski definition) is 0. The van der Waals surface area contributed by atoms with E-state index >= 15 is 0 Å². The lowest BCUT2D eigenvalue weighted by Gasteiger charge is -2.23. The minimum Gasteiger partial charge on any atom is -0.481 e. The smallest absolute Gasteiger partial charge is 0.337 e. The lowest BCUT2D eigenvalue weighted by atomic mass is 9.98. The minimum absolute atomic E-state index is 0.244. The molecule has 1 aliphatic heterocycles. The zero-order valence-corrected chi connectivity index (χ0v) is 11.2. The van der Waals surface area contributed by atoms with Crippen LogP contribution in [0.1, 0.15) is 26.5 Å². The van der Waals surface area contributed by atoms with Crippen molar-refractivity contribution in [3.05, 3.63) is 17.8 Å². The molecule has 0 saturated heterocycles. The number of hydrogen-bond acceptors (Lipinski definition) is 5. The second-order valence-corrected chi connectivity index (χ2v) is 5.30. The number of pyridine rings is 1. The molecule has 0 N–H and O–H groups in total. The van der Waals surface area contributed by atoms with Crippen LogP contribution in [0.5, 0.6) is 5.88 Å². The van der Waals surface area contributed by atoms with Gasteiger partial charge in [-0.1, -0.05) is 0 Å². The molecule has 98 valence electrons. The van der Waals surface area contributed by atoms with Crippen molar-refractivity contribution >= 4 is 11.7 Å². The van der Waals surface area contributed by atoms with Crippen molar-refractivity contribution in [2.75, 3.05) is 18.7 Å². The molecule has 0 aromatic carbocycles. The topological polar surface area (TPSA) is 51.7 Å². The van der Waals surface area contributed by atoms with Gasteiger partial charge in [0.25, 0.3) is 0 Å². The van der Waals surface area contributed by atoms with Crippen molar-refractivity contribution in [3.63, 3.8) is 0 Å². The fourth-order valence-electron chi connectivity index (χ4n) is 1.66. The highest BCUT2D eigenvalue weighted by molar-refractivity contribution is 5.77. The molecule has 5 nitrogen and oxygen atoms in total. The monoisotopic (exact) mass is 250 g/mol. The molecular weight excluding hydrogens is 232 g/mol. The fraction of sp³-hybridized carbons (Fsp3) is 0.538. The number of carbonyl (C=O) groups excluding carboxylic acids is 1. The molecular formula is C13H18N2O3. The molecule has 2 rings (SSSR count). The van der Waals surface area contributed by atoms with Gasteiger partial charge in [-0.05, 0) is 26.8 Å². The Morgan fingerprint density at radius 1 is 1.39 bits per heavy atom. The van der Waals surface area contributed by atoms with Crippen molar-refractivity contribution in [2.45, 2.75) is 27.2 Å². The highest BCUT2D eigenvalue weighted by atomic mass is 16.7. The Bertz CT molecular complexity index is 466. The lowest BCUT2D eigenvalue weighted by molar-refractivity contribution is -0.154. The van der Waals surface area contributed by atoms with Gasteiger partial charge in [-0.3, -0.25) is 0 Å². The van der Waals surface area contributed by atoms with Crippen LogP contribution in [0.25, 0.3) is 0 Å². The molecule has 0 radical (unpaired) electrons. The summed E-state index contributed by atoms with van der Waals surface area (Å²) in [4.78, 5) is 21.6. The molecule has 18 heavy (non-hydrogen) atoms. The average Bonchev–Trinajstić information content (AvgIpc) is 2.70. The molecule has 0 bridgehead atoms. The van der Waals surface area contributed by atoms with Crippen molar-refractivity contribution in [3.8, 4) is 5.88 Å². The SMILES string of the molecule is COc1ccc2c(n1)CCN2OC(=O)C(C)(C)C. The first kappa shape index (κ1) is 12.7. The van der Waals surface area contributed by atoms with Gasteiger partial charge in [-0.15, -0.1) is 0 Å². The molecule has 0 atom stereocenters. The first-order valence-corrected chi connectivity index (χ1v) is 5.95. The minimum atomic E-state index is -0.511. The Kier molecular flexibility index (Phi) is 3.15. The number of hydroxylamine groups is 1. The van der Waals surface area contributed by atoms with Crippen molar-refractivity contribution in [2.24, 2.45) is 5.41 Å². The van der Waals surface area contributed by atoms with Crippen LogP contribution >= 0.6 is 0 Å². The Morgan fingerprint density at radius 2 is 2.11 bits per heavy atom. The first-order chi connectivity index (χ1) is 8.41. The molecule has 0 unspecified atom stereocenters. The normalized spacial score (nSPS) is 14.3. The first-order valence-electron chi connectivity index (χ1n) is 5.95. The van der Waals surface area contributed by atoms with Crippen LogP contribution in [0.15, 0.2) is 12.1 Å². The van der Waals surface area contributed by atoms with Crippen LogP contribution in [0.3, 0.4) is 0 Å². The number of aromatic nitrogens is 1. The van der Waals surface area contributed by atoms with Gasteiger partial charge >= 0.3 is 5.97 Å². The van der Waals surface area contributed by atoms with Gasteiger partial charge in [-0.25, -0.2) is 14.8 Å². The van der Waals surface area contributed by atoms with E-state index in [9.17, 15) is 4.79 Å². The van der Waals surface area contributed by atoms with E-state index < -0.39 is 5.41 Å². The summed E-state index contributed by atoms with van der Waals surface area (Å²) in [5, 5.41) is 1.61. The van der Waals surface area contributed by atoms with Gasteiger partial charge in [0, 0.05) is 12.5 Å². The number of methoxy groups -OCH3 is 1. The highest BCUT2D eigenvalue weighted by Gasteiger charge is 2.30. The quantitative estimate of drug-likeness (QED) is 0.803. The van der Waals surface area contributed by atoms with Gasteiger partial charge in [0.2, 0.25) is 5.88 Å². The summed E-state index contributed by atoms with van der Waals surface area (Å²) in [6.45, 7) is 6.13. The molecule has 0 saturated carbocycles. The molecule has 1 aromatic heterocycles. The Labute approximate surface area is 107 Å². The second-order valence-electron chi connectivity index (χ2n) is 5.30. The van der Waals surface area contributed by atoms with Crippen LogP contribution in [0.2, 0.25) is 0 Å². The zero-order chi connectivity index (χ0) is 13.3. The maximum absolute atomic E-state index is 11.8. The average molecular weight is 250 g/mol. The summed E-state index contributed by atoms with van der Waals surface area (Å²) >= 11 is 0. The van der Waals surface area contributed by atoms with E-state index in [1.54, 1.807) is 18.2 Å². The van der Waals surface area contributed by atoms with E-state index in [4.69, 9.17) is 9.57 Å². The van der Waals surface area contributed by atoms with Crippen LogP contribution in [-0.4, -0.2) is 24.6 Å². The molecule has 0 aliphatic carbocycles. The Hall–Kier alpha value is -1.78. The van der Waals surface area contributed by atoms with E-state index in [-0.39, 0.29) is 5.97 Å². The maximum atomic E-state index is 11.8. The number of nitrogens with zero attached hydrogens (tertiary/aromatic N) is 2. The molecule has 5 heteroatoms. The van der Waals surface area contributed by atoms with Crippen molar-refractivity contribution in [1.29, 1.82) is 0 Å². The van der Waals surface area contributed by atoms with Crippen molar-refractivity contribution < 1.29 is 14.4 Å². The summed E-state index contributed by atoms with van der Waals surface area (Å²) < 4.78 is 5.07. The van der Waals surface area contributed by atoms with E-state index in [0.717, 1.165) is 17.8 Å². The molecule has 2 heterocycles. The third kappa shape index (κ3) is 2.39. The van der Waals surface area contributed by atoms with Crippen LogP contribution in [0, 0.1) is 5.41 Å². The Balaban J connectivity index is 2.15. The molecule has 0 fully saturated rings. The fourth-order valence-corrected chi connectivity index (χ4v) is 1.66. The Morgan fingerprint density at radius 3 is 2.72 bits per heavy atom. The van der Waals surface area contributed by atoms with E-state index in [1.807, 2.05) is 26.8 Å². The lowest BCUT2D eigenvalue weighted by Crippen LogP contribution is -2.32. The van der Waals surface area contributed by atoms with Gasteiger partial charge in [0.1, 0.15) is 0 Å². The number of fused-ring (bicyclic) bond motifs is 1. The second kappa shape index (κ2) is 4.48. The third-order valence-corrected chi connectivity index (χ3v) is 2.76. The maximum Gasteiger partial charge on any atom is 0.337 e. The third-order valence-electron chi connectivity index (χ3n) is 2.76. The van der Waals surface area contributed by atoms with Crippen LogP contribution in [-0.2, 0) is 16.1 Å². The summed E-state index contributed by atoms with van der Waals surface area (Å²) in [6, 6.07) is 3.63. The van der Waals surface area contributed by atoms with Gasteiger partial charge in [0.05, 0.1) is 30.5 Å².